The zero-order valence-corrected chi connectivity index (χ0v) is 11.6. The van der Waals surface area contributed by atoms with Crippen LogP contribution in [-0.4, -0.2) is 48.2 Å². The van der Waals surface area contributed by atoms with Gasteiger partial charge in [0.1, 0.15) is 0 Å². The fourth-order valence-corrected chi connectivity index (χ4v) is 3.32. The summed E-state index contributed by atoms with van der Waals surface area (Å²) in [5.41, 5.74) is 7.86. The largest absolute Gasteiger partial charge is 0.478 e. The van der Waals surface area contributed by atoms with E-state index in [0.29, 0.717) is 17.3 Å². The number of aromatic carboxylic acids is 1. The number of benzene rings is 1. The first-order valence-electron chi connectivity index (χ1n) is 7.27. The molecule has 0 aromatic heterocycles. The Labute approximate surface area is 119 Å². The number of hydrogen-bond donors (Lipinski definition) is 2. The van der Waals surface area contributed by atoms with Gasteiger partial charge in [-0.15, -0.1) is 0 Å². The molecule has 2 heterocycles. The highest BCUT2D eigenvalue weighted by atomic mass is 16.4. The molecule has 2 aliphatic heterocycles. The SMILES string of the molecule is Nc1ccc(C(=O)O)cc1N1CCC(N2CCCC2)C1. The zero-order chi connectivity index (χ0) is 14.1. The summed E-state index contributed by atoms with van der Waals surface area (Å²) >= 11 is 0. The molecule has 3 N–H and O–H groups in total. The standard InChI is InChI=1S/C15H21N3O2/c16-13-4-3-11(15(19)20)9-14(13)18-8-5-12(10-18)17-6-1-2-7-17/h3-4,9,12H,1-2,5-8,10,16H2,(H,19,20). The molecular weight excluding hydrogens is 254 g/mol. The maximum atomic E-state index is 11.1. The molecule has 1 aromatic carbocycles. The van der Waals surface area contributed by atoms with Crippen LogP contribution in [0.4, 0.5) is 11.4 Å². The van der Waals surface area contributed by atoms with Gasteiger partial charge in [-0.1, -0.05) is 0 Å². The number of nitrogen functional groups attached to an aromatic ring is 1. The second-order valence-electron chi connectivity index (χ2n) is 5.71. The van der Waals surface area contributed by atoms with Crippen molar-refractivity contribution in [2.75, 3.05) is 36.8 Å². The van der Waals surface area contributed by atoms with E-state index in [-0.39, 0.29) is 0 Å². The van der Waals surface area contributed by atoms with Crippen LogP contribution in [0, 0.1) is 0 Å². The number of anilines is 2. The number of carboxylic acid groups (broad SMARTS) is 1. The summed E-state index contributed by atoms with van der Waals surface area (Å²) < 4.78 is 0. The van der Waals surface area contributed by atoms with Crippen LogP contribution in [0.5, 0.6) is 0 Å². The highest BCUT2D eigenvalue weighted by Gasteiger charge is 2.30. The van der Waals surface area contributed by atoms with Crippen LogP contribution in [0.3, 0.4) is 0 Å². The van der Waals surface area contributed by atoms with Crippen LogP contribution in [0.25, 0.3) is 0 Å². The third kappa shape index (κ3) is 2.45. The molecule has 2 saturated heterocycles. The topological polar surface area (TPSA) is 69.8 Å². The van der Waals surface area contributed by atoms with Crippen molar-refractivity contribution < 1.29 is 9.90 Å². The van der Waals surface area contributed by atoms with Crippen molar-refractivity contribution >= 4 is 17.3 Å². The van der Waals surface area contributed by atoms with Crippen molar-refractivity contribution in [1.29, 1.82) is 0 Å². The molecule has 2 fully saturated rings. The van der Waals surface area contributed by atoms with Gasteiger partial charge >= 0.3 is 5.97 Å². The van der Waals surface area contributed by atoms with Crippen LogP contribution in [-0.2, 0) is 0 Å². The number of carboxylic acids is 1. The molecule has 108 valence electrons. The summed E-state index contributed by atoms with van der Waals surface area (Å²) in [4.78, 5) is 15.9. The summed E-state index contributed by atoms with van der Waals surface area (Å²) in [6, 6.07) is 5.55. The highest BCUT2D eigenvalue weighted by molar-refractivity contribution is 5.90. The van der Waals surface area contributed by atoms with Gasteiger partial charge in [0.05, 0.1) is 16.9 Å². The third-order valence-corrected chi connectivity index (χ3v) is 4.44. The Kier molecular flexibility index (Phi) is 3.53. The summed E-state index contributed by atoms with van der Waals surface area (Å²) in [5, 5.41) is 9.10. The number of carbonyl (C=O) groups is 1. The lowest BCUT2D eigenvalue weighted by Gasteiger charge is -2.25. The van der Waals surface area contributed by atoms with Gasteiger partial charge in [0.2, 0.25) is 0 Å². The lowest BCUT2D eigenvalue weighted by Crippen LogP contribution is -2.35. The first kappa shape index (κ1) is 13.2. The maximum Gasteiger partial charge on any atom is 0.335 e. The highest BCUT2D eigenvalue weighted by Crippen LogP contribution is 2.30. The van der Waals surface area contributed by atoms with Gasteiger partial charge in [-0.2, -0.15) is 0 Å². The summed E-state index contributed by atoms with van der Waals surface area (Å²) in [6.07, 6.45) is 3.73. The van der Waals surface area contributed by atoms with Crippen molar-refractivity contribution in [2.45, 2.75) is 25.3 Å². The van der Waals surface area contributed by atoms with E-state index in [4.69, 9.17) is 10.8 Å². The van der Waals surface area contributed by atoms with Crippen LogP contribution in [0.2, 0.25) is 0 Å². The van der Waals surface area contributed by atoms with Crippen molar-refractivity contribution in [2.24, 2.45) is 0 Å². The number of rotatable bonds is 3. The average molecular weight is 275 g/mol. The van der Waals surface area contributed by atoms with Crippen molar-refractivity contribution in [3.8, 4) is 0 Å². The Morgan fingerprint density at radius 2 is 2.00 bits per heavy atom. The fraction of sp³-hybridized carbons (Fsp3) is 0.533. The number of likely N-dealkylation sites (tertiary alicyclic amines) is 1. The molecule has 1 aromatic rings. The van der Waals surface area contributed by atoms with E-state index in [0.717, 1.165) is 25.2 Å². The summed E-state index contributed by atoms with van der Waals surface area (Å²) in [5.74, 6) is -0.901. The Morgan fingerprint density at radius 3 is 2.70 bits per heavy atom. The Morgan fingerprint density at radius 1 is 1.25 bits per heavy atom. The molecule has 20 heavy (non-hydrogen) atoms. The molecule has 1 unspecified atom stereocenters. The quantitative estimate of drug-likeness (QED) is 0.821. The molecule has 3 rings (SSSR count). The molecule has 0 spiro atoms. The lowest BCUT2D eigenvalue weighted by atomic mass is 10.1. The zero-order valence-electron chi connectivity index (χ0n) is 11.6. The molecule has 5 heteroatoms. The minimum absolute atomic E-state index is 0.304. The molecule has 2 aliphatic rings. The van der Waals surface area contributed by atoms with E-state index in [2.05, 4.69) is 9.80 Å². The Balaban J connectivity index is 1.76. The minimum atomic E-state index is -0.901. The first-order chi connectivity index (χ1) is 9.65. The number of hydrogen-bond acceptors (Lipinski definition) is 4. The van der Waals surface area contributed by atoms with Gasteiger partial charge in [0.25, 0.3) is 0 Å². The van der Waals surface area contributed by atoms with Crippen molar-refractivity contribution in [3.63, 3.8) is 0 Å². The van der Waals surface area contributed by atoms with E-state index in [1.165, 1.54) is 25.9 Å². The van der Waals surface area contributed by atoms with Crippen molar-refractivity contribution in [3.05, 3.63) is 23.8 Å². The second kappa shape index (κ2) is 5.32. The molecule has 0 radical (unpaired) electrons. The van der Waals surface area contributed by atoms with E-state index in [1.807, 2.05) is 0 Å². The Hall–Kier alpha value is -1.75. The third-order valence-electron chi connectivity index (χ3n) is 4.44. The van der Waals surface area contributed by atoms with Crippen LogP contribution in [0.15, 0.2) is 18.2 Å². The average Bonchev–Trinajstić information content (AvgIpc) is 3.10. The molecular formula is C15H21N3O2. The number of nitrogens with two attached hydrogens (primary N) is 1. The van der Waals surface area contributed by atoms with Gasteiger partial charge in [-0.05, 0) is 50.6 Å². The van der Waals surface area contributed by atoms with Crippen LogP contribution >= 0.6 is 0 Å². The van der Waals surface area contributed by atoms with Gasteiger partial charge in [-0.3, -0.25) is 4.90 Å². The van der Waals surface area contributed by atoms with Gasteiger partial charge in [0.15, 0.2) is 0 Å². The van der Waals surface area contributed by atoms with E-state index >= 15 is 0 Å². The normalized spacial score (nSPS) is 23.4. The Bertz CT molecular complexity index is 512. The summed E-state index contributed by atoms with van der Waals surface area (Å²) in [6.45, 7) is 4.30. The predicted molar refractivity (Wildman–Crippen MR) is 79.2 cm³/mol. The first-order valence-corrected chi connectivity index (χ1v) is 7.27. The molecule has 5 nitrogen and oxygen atoms in total. The lowest BCUT2D eigenvalue weighted by molar-refractivity contribution is 0.0697. The van der Waals surface area contributed by atoms with Gasteiger partial charge in [0, 0.05) is 19.1 Å². The van der Waals surface area contributed by atoms with E-state index in [9.17, 15) is 4.79 Å². The predicted octanol–water partition coefficient (Wildman–Crippen LogP) is 1.64. The smallest absolute Gasteiger partial charge is 0.335 e. The van der Waals surface area contributed by atoms with E-state index < -0.39 is 5.97 Å². The fourth-order valence-electron chi connectivity index (χ4n) is 3.32. The summed E-state index contributed by atoms with van der Waals surface area (Å²) in [7, 11) is 0. The molecule has 0 amide bonds. The maximum absolute atomic E-state index is 11.1. The van der Waals surface area contributed by atoms with Crippen LogP contribution in [0.1, 0.15) is 29.6 Å². The van der Waals surface area contributed by atoms with E-state index in [1.54, 1.807) is 18.2 Å². The monoisotopic (exact) mass is 275 g/mol. The number of nitrogens with zero attached hydrogens (tertiary/aromatic N) is 2. The molecule has 0 bridgehead atoms. The van der Waals surface area contributed by atoms with Gasteiger partial charge in [-0.25, -0.2) is 4.79 Å². The molecule has 0 aliphatic carbocycles. The van der Waals surface area contributed by atoms with Crippen molar-refractivity contribution in [1.82, 2.24) is 4.90 Å². The second-order valence-corrected chi connectivity index (χ2v) is 5.71. The molecule has 1 atom stereocenters. The van der Waals surface area contributed by atoms with Gasteiger partial charge < -0.3 is 15.7 Å². The molecule has 0 saturated carbocycles. The minimum Gasteiger partial charge on any atom is -0.478 e. The van der Waals surface area contributed by atoms with Crippen LogP contribution < -0.4 is 10.6 Å².